The predicted octanol–water partition coefficient (Wildman–Crippen LogP) is 17.0. The predicted molar refractivity (Wildman–Crippen MR) is 570 cm³/mol. The number of carboxylic acids is 2. The smallest absolute Gasteiger partial charge is 0.488 e. The number of hydrogen-bond acceptors (Lipinski definition) is 27. The van der Waals surface area contributed by atoms with Gasteiger partial charge in [-0.2, -0.15) is 0 Å². The van der Waals surface area contributed by atoms with Crippen LogP contribution in [-0.2, 0) is 118 Å². The summed E-state index contributed by atoms with van der Waals surface area (Å²) >= 11 is 5.55. The Labute approximate surface area is 896 Å². The molecule has 8 spiro atoms. The third kappa shape index (κ3) is 24.2. The zero-order valence-corrected chi connectivity index (χ0v) is 87.3. The average Bonchev–Trinajstić information content (AvgIpc) is 1.54. The fraction of sp³-hybridized carbons (Fsp3) is 0.482. The Bertz CT molecular complexity index is 5940. The van der Waals surface area contributed by atoms with Gasteiger partial charge in [0, 0.05) is 127 Å². The summed E-state index contributed by atoms with van der Waals surface area (Å²) in [5.74, 6) is 5.04. The Balaban J connectivity index is 0.000000224. The zero-order chi connectivity index (χ0) is 105. The number of guanidine groups is 1. The molecule has 12 aliphatic rings. The second-order valence-electron chi connectivity index (χ2n) is 39.8. The van der Waals surface area contributed by atoms with Gasteiger partial charge in [0.2, 0.25) is 0 Å². The molecular weight excluding hydrogens is 1990 g/mol. The first kappa shape index (κ1) is 123. The molecule has 11 N–H and O–H groups in total. The number of aliphatic imine (C=N–C) groups is 1. The number of carbonyl (C=O) groups excluding carboxylic acids is 6. The number of carbonyl (C=O) groups is 8. The first-order valence-electron chi connectivity index (χ1n) is 48.4. The van der Waals surface area contributed by atoms with E-state index in [1.54, 1.807) is 133 Å². The van der Waals surface area contributed by atoms with Gasteiger partial charge in [-0.1, -0.05) is 84.3 Å². The summed E-state index contributed by atoms with van der Waals surface area (Å²) < 4.78 is 61.5. The molecule has 20 rings (SSSR count). The summed E-state index contributed by atoms with van der Waals surface area (Å²) in [7, 11) is 18.5. The Morgan fingerprint density at radius 1 is 0.400 bits per heavy atom. The SMILES string of the molecule is C.C.C.C.CC(=O)O.CC(=O)O.CC(C)(C)OO.COC1CCC2(CC1)Cc1ccc(O)cc1C21NC(=O)N(C)C1=O.COc1cccc(B(O)O)c1.COc1cccc(Oc2ccc3c(c2)C2(N=C(N)N(C)C2=O)C2(CCC(OC)CC2)C3)c1.COc1cccc(Oc2ccc3c(c2)C2(NC(=O)N(C)C2=O)C2(CCC(OC)CC2)C3)c1.COc1cccc(Oc2ccc3c(c2)C2(NC(=S)N(C)C2=O)C2(CCC(OC)CC2)C3)c1.[Cu]. The fourth-order valence-corrected chi connectivity index (χ4v) is 23.4. The molecule has 4 atom stereocenters. The number of ether oxygens (including phenoxy) is 11. The van der Waals surface area contributed by atoms with E-state index in [2.05, 4.69) is 33.0 Å². The van der Waals surface area contributed by atoms with Crippen LogP contribution in [0.4, 0.5) is 9.59 Å². The van der Waals surface area contributed by atoms with E-state index in [0.29, 0.717) is 56.6 Å². The quantitative estimate of drug-likeness (QED) is 0.0150. The second-order valence-corrected chi connectivity index (χ2v) is 40.2. The van der Waals surface area contributed by atoms with Crippen LogP contribution in [0.2, 0.25) is 0 Å². The number of benzene rings is 8. The number of methoxy groups -OCH3 is 8. The molecule has 4 heterocycles. The van der Waals surface area contributed by atoms with E-state index in [1.807, 2.05) is 121 Å². The number of nitrogens with zero attached hydrogens (tertiary/aromatic N) is 5. The number of phenolic OH excluding ortho intramolecular Hbond substituents is 1. The number of aromatic hydroxyl groups is 1. The van der Waals surface area contributed by atoms with Crippen molar-refractivity contribution in [1.82, 2.24) is 35.6 Å². The Morgan fingerprint density at radius 2 is 0.673 bits per heavy atom. The number of carboxylic acid groups (broad SMARTS) is 2. The zero-order valence-electron chi connectivity index (χ0n) is 85.6. The number of nitrogens with one attached hydrogen (secondary N) is 3. The number of amides is 8. The van der Waals surface area contributed by atoms with Gasteiger partial charge in [-0.3, -0.25) is 53.6 Å². The molecule has 0 bridgehead atoms. The summed E-state index contributed by atoms with van der Waals surface area (Å²) in [6.45, 7) is 7.48. The number of rotatable bonds is 15. The van der Waals surface area contributed by atoms with Gasteiger partial charge >= 0.3 is 19.2 Å². The molecule has 150 heavy (non-hydrogen) atoms. The molecule has 1 radical (unpaired) electrons. The second kappa shape index (κ2) is 50.7. The molecule has 8 aliphatic carbocycles. The maximum Gasteiger partial charge on any atom is 0.488 e. The van der Waals surface area contributed by atoms with Gasteiger partial charge in [0.25, 0.3) is 35.6 Å². The van der Waals surface area contributed by atoms with Gasteiger partial charge in [-0.15, -0.1) is 0 Å². The molecule has 8 amide bonds. The maximum absolute atomic E-state index is 13.8. The number of fused-ring (bicyclic) bond motifs is 12. The van der Waals surface area contributed by atoms with Crippen molar-refractivity contribution in [1.29, 1.82) is 0 Å². The Morgan fingerprint density at radius 3 is 0.960 bits per heavy atom. The monoisotopic (exact) mass is 2140 g/mol. The van der Waals surface area contributed by atoms with E-state index in [-0.39, 0.29) is 140 Å². The van der Waals surface area contributed by atoms with Crippen LogP contribution in [0.3, 0.4) is 0 Å². The number of phenols is 1. The van der Waals surface area contributed by atoms with Crippen molar-refractivity contribution >= 4 is 83.5 Å². The van der Waals surface area contributed by atoms with E-state index < -0.39 is 46.8 Å². The summed E-state index contributed by atoms with van der Waals surface area (Å²) in [5.41, 5.74) is 8.91. The molecule has 4 aliphatic heterocycles. The van der Waals surface area contributed by atoms with Gasteiger partial charge < -0.3 is 99.2 Å². The van der Waals surface area contributed by atoms with Crippen LogP contribution in [0.1, 0.15) is 212 Å². The molecule has 3 saturated heterocycles. The molecule has 4 saturated carbocycles. The molecule has 4 unspecified atom stereocenters. The van der Waals surface area contributed by atoms with Gasteiger partial charge in [0.15, 0.2) is 33.2 Å². The van der Waals surface area contributed by atoms with Crippen LogP contribution in [0.5, 0.6) is 63.2 Å². The third-order valence-electron chi connectivity index (χ3n) is 30.5. The first-order valence-corrected chi connectivity index (χ1v) is 48.8. The molecule has 7 fully saturated rings. The van der Waals surface area contributed by atoms with Crippen molar-refractivity contribution in [3.63, 3.8) is 0 Å². The molecule has 8 aromatic rings. The van der Waals surface area contributed by atoms with E-state index in [0.717, 1.165) is 193 Å². The van der Waals surface area contributed by atoms with Crippen LogP contribution in [0.25, 0.3) is 0 Å². The average molecular weight is 2140 g/mol. The molecule has 0 aromatic heterocycles. The van der Waals surface area contributed by atoms with Crippen LogP contribution in [0, 0.1) is 21.7 Å². The van der Waals surface area contributed by atoms with E-state index in [1.165, 1.54) is 34.4 Å². The van der Waals surface area contributed by atoms with Crippen molar-refractivity contribution in [3.8, 4) is 63.2 Å². The van der Waals surface area contributed by atoms with Crippen molar-refractivity contribution in [3.05, 3.63) is 214 Å². The normalized spacial score (nSPS) is 25.5. The van der Waals surface area contributed by atoms with E-state index in [4.69, 9.17) is 110 Å². The molecule has 35 nitrogen and oxygen atoms in total. The summed E-state index contributed by atoms with van der Waals surface area (Å²) in [5, 5.41) is 60.3. The van der Waals surface area contributed by atoms with Gasteiger partial charge in [-0.25, -0.2) is 19.5 Å². The maximum atomic E-state index is 13.8. The number of urea groups is 2. The number of likely N-dealkylation sites (N-methyl/N-ethyl adjacent to an activating group) is 4. The number of thiocarbonyl (C=S) groups is 1. The van der Waals surface area contributed by atoms with Gasteiger partial charge in [0.05, 0.1) is 58.5 Å². The minimum atomic E-state index is -1.43. The third-order valence-corrected chi connectivity index (χ3v) is 30.9. The minimum absolute atomic E-state index is 0. The number of aliphatic carboxylic acids is 2. The fourth-order valence-electron chi connectivity index (χ4n) is 23.2. The number of nitrogens with two attached hydrogens (primary N) is 1. The largest absolute Gasteiger partial charge is 0.508 e. The van der Waals surface area contributed by atoms with Crippen molar-refractivity contribution in [2.24, 2.45) is 32.4 Å². The molecule has 38 heteroatoms. The first-order chi connectivity index (χ1) is 69.0. The van der Waals surface area contributed by atoms with Crippen LogP contribution in [0.15, 0.2) is 175 Å². The number of hydrogen-bond donors (Lipinski definition) is 10. The topological polar surface area (TPSA) is 456 Å². The van der Waals surface area contributed by atoms with Gasteiger partial charge in [-0.05, 0) is 308 Å². The van der Waals surface area contributed by atoms with Gasteiger partial charge in [0.1, 0.15) is 63.2 Å². The number of imide groups is 2. The Kier molecular flexibility index (Phi) is 41.4. The van der Waals surface area contributed by atoms with E-state index >= 15 is 0 Å². The minimum Gasteiger partial charge on any atom is -0.508 e. The van der Waals surface area contributed by atoms with Crippen LogP contribution >= 0.6 is 12.2 Å². The Hall–Kier alpha value is -12.5. The molecule has 8 aromatic carbocycles. The summed E-state index contributed by atoms with van der Waals surface area (Å²) in [6, 6.07) is 51.4. The van der Waals surface area contributed by atoms with E-state index in [9.17, 15) is 33.9 Å². The summed E-state index contributed by atoms with van der Waals surface area (Å²) in [6.07, 6.45) is 17.9. The van der Waals surface area contributed by atoms with Crippen LogP contribution in [-0.4, -0.2) is 231 Å². The molecular formula is C112H150BCuN9O26S. The standard InChI is InChI=1S/C25H29N3O4.C25H28N2O5.C25H28N2O4S.C18H22N2O4.C7H9BO3.C4H10O2.2C2H4O2.4CH4.Cu/c1-28-22(29)25(27-23(28)26)21-14-20(32-19-6-4-5-18(13-19)31-3)8-7-16(21)15-24(25)11-9-17(30-2)10-12-24;1-27-22(28)25(26-23(27)29)21-14-20(32-19-6-4-5-18(13-19)31-3)8-7-16(21)15-24(25)11-9-17(30-2)10-12-24;1-27-22(28)25(26-23(27)32)21-14-20(31-19-6-4-5-18(13-19)30-3)8-7-16(21)15-24(25)11-9-17(29-2)10-12-24;1-20-15(22)18(19-16(20)23)14-9-12(21)4-3-11(14)10-17(18)7-5-13(24-2)6-8-17;1-11-7-4-2-3-6(5-7)8(9)10;1-4(2,3)6-5;2*1-2(3)4;;;;;/h4-8,13-14,17H,9-12,15H2,1-3H3,(H2,26,27);4-8,13-14,17H,9-12,15H2,1-3H3,(H,26,29);4-8,13-14,17H,9-12,15H2,1-3H3,(H,26,32);3-4,9,13,21H,5-8,10H2,1-2H3,(H,19,23);2-5,9-10H,1H3;5H,1-3H3;2*1H3,(H,3,4);4*1H4;. The van der Waals surface area contributed by atoms with Crippen LogP contribution < -0.4 is 60.3 Å². The summed E-state index contributed by atoms with van der Waals surface area (Å²) in [4.78, 5) is 112. The van der Waals surface area contributed by atoms with Crippen molar-refractivity contribution in [2.45, 2.75) is 245 Å². The van der Waals surface area contributed by atoms with Crippen molar-refractivity contribution in [2.75, 3.05) is 85.1 Å². The molecule has 819 valence electrons. The van der Waals surface area contributed by atoms with Crippen molar-refractivity contribution < 1.29 is 143 Å².